The van der Waals surface area contributed by atoms with Crippen molar-refractivity contribution in [1.82, 2.24) is 0 Å². The molecule has 0 unspecified atom stereocenters. The van der Waals surface area contributed by atoms with Gasteiger partial charge < -0.3 is 5.11 Å². The van der Waals surface area contributed by atoms with E-state index in [9.17, 15) is 4.79 Å². The SMILES string of the molecule is CC1=CC[C@@H](C(=O)O)[C@@H](C)C1. The van der Waals surface area contributed by atoms with Crippen LogP contribution in [0, 0.1) is 11.8 Å². The molecular weight excluding hydrogens is 140 g/mol. The highest BCUT2D eigenvalue weighted by atomic mass is 16.4. The van der Waals surface area contributed by atoms with E-state index in [0.717, 1.165) is 6.42 Å². The standard InChI is InChI=1S/C9H14O2/c1-6-3-4-8(9(10)11)7(2)5-6/h3,7-8H,4-5H2,1-2H3,(H,10,11)/t7-,8+/m0/s1. The van der Waals surface area contributed by atoms with Gasteiger partial charge in [0.1, 0.15) is 0 Å². The van der Waals surface area contributed by atoms with Gasteiger partial charge in [-0.25, -0.2) is 0 Å². The molecule has 62 valence electrons. The average Bonchev–Trinajstić information content (AvgIpc) is 1.85. The van der Waals surface area contributed by atoms with Gasteiger partial charge in [0.15, 0.2) is 0 Å². The molecule has 0 fully saturated rings. The van der Waals surface area contributed by atoms with Gasteiger partial charge >= 0.3 is 5.97 Å². The fourth-order valence-corrected chi connectivity index (χ4v) is 1.64. The van der Waals surface area contributed by atoms with Gasteiger partial charge in [-0.2, -0.15) is 0 Å². The van der Waals surface area contributed by atoms with E-state index in [-0.39, 0.29) is 5.92 Å². The Morgan fingerprint density at radius 2 is 2.36 bits per heavy atom. The molecule has 0 radical (unpaired) electrons. The summed E-state index contributed by atoms with van der Waals surface area (Å²) in [6, 6.07) is 0. The summed E-state index contributed by atoms with van der Waals surface area (Å²) in [5.74, 6) is -0.502. The number of rotatable bonds is 1. The number of allylic oxidation sites excluding steroid dienone is 2. The monoisotopic (exact) mass is 154 g/mol. The van der Waals surface area contributed by atoms with E-state index >= 15 is 0 Å². The van der Waals surface area contributed by atoms with Crippen LogP contribution >= 0.6 is 0 Å². The first-order valence-electron chi connectivity index (χ1n) is 3.99. The number of hydrogen-bond donors (Lipinski definition) is 1. The van der Waals surface area contributed by atoms with E-state index in [2.05, 4.69) is 6.92 Å². The minimum absolute atomic E-state index is 0.154. The quantitative estimate of drug-likeness (QED) is 0.587. The van der Waals surface area contributed by atoms with Gasteiger partial charge in [-0.1, -0.05) is 18.6 Å². The number of aliphatic carboxylic acids is 1. The molecule has 0 aromatic rings. The van der Waals surface area contributed by atoms with Crippen molar-refractivity contribution in [3.63, 3.8) is 0 Å². The van der Waals surface area contributed by atoms with Crippen LogP contribution in [0.2, 0.25) is 0 Å². The van der Waals surface area contributed by atoms with Crippen molar-refractivity contribution in [1.29, 1.82) is 0 Å². The second-order valence-corrected chi connectivity index (χ2v) is 3.41. The lowest BCUT2D eigenvalue weighted by molar-refractivity contribution is -0.143. The smallest absolute Gasteiger partial charge is 0.307 e. The van der Waals surface area contributed by atoms with E-state index in [1.54, 1.807) is 0 Å². The highest BCUT2D eigenvalue weighted by Crippen LogP contribution is 2.28. The zero-order chi connectivity index (χ0) is 8.43. The molecule has 0 heterocycles. The molecule has 0 spiro atoms. The van der Waals surface area contributed by atoms with Gasteiger partial charge in [-0.15, -0.1) is 0 Å². The zero-order valence-corrected chi connectivity index (χ0v) is 7.00. The molecule has 1 aliphatic rings. The first-order chi connectivity index (χ1) is 5.11. The molecule has 2 atom stereocenters. The predicted octanol–water partition coefficient (Wildman–Crippen LogP) is 2.06. The molecule has 0 saturated heterocycles. The summed E-state index contributed by atoms with van der Waals surface area (Å²) in [5.41, 5.74) is 1.33. The summed E-state index contributed by atoms with van der Waals surface area (Å²) in [6.07, 6.45) is 3.69. The maximum Gasteiger partial charge on any atom is 0.307 e. The lowest BCUT2D eigenvalue weighted by Crippen LogP contribution is -2.23. The molecule has 1 N–H and O–H groups in total. The third kappa shape index (κ3) is 1.82. The summed E-state index contributed by atoms with van der Waals surface area (Å²) < 4.78 is 0. The molecule has 0 aromatic heterocycles. The minimum Gasteiger partial charge on any atom is -0.481 e. The van der Waals surface area contributed by atoms with Crippen LogP contribution in [0.3, 0.4) is 0 Å². The first kappa shape index (κ1) is 8.31. The Hall–Kier alpha value is -0.790. The second kappa shape index (κ2) is 3.07. The fourth-order valence-electron chi connectivity index (χ4n) is 1.64. The molecule has 0 aromatic carbocycles. The lowest BCUT2D eigenvalue weighted by atomic mass is 9.81. The van der Waals surface area contributed by atoms with Crippen LogP contribution in [0.25, 0.3) is 0 Å². The first-order valence-corrected chi connectivity index (χ1v) is 3.99. The highest BCUT2D eigenvalue weighted by Gasteiger charge is 2.26. The van der Waals surface area contributed by atoms with Gasteiger partial charge in [0.25, 0.3) is 0 Å². The molecule has 2 nitrogen and oxygen atoms in total. The molecule has 11 heavy (non-hydrogen) atoms. The topological polar surface area (TPSA) is 37.3 Å². The van der Waals surface area contributed by atoms with Gasteiger partial charge in [0, 0.05) is 0 Å². The van der Waals surface area contributed by atoms with Gasteiger partial charge in [0.2, 0.25) is 0 Å². The Morgan fingerprint density at radius 1 is 1.73 bits per heavy atom. The van der Waals surface area contributed by atoms with Gasteiger partial charge in [-0.05, 0) is 25.7 Å². The Morgan fingerprint density at radius 3 is 2.82 bits per heavy atom. The normalized spacial score (nSPS) is 31.3. The van der Waals surface area contributed by atoms with Crippen molar-refractivity contribution >= 4 is 5.97 Å². The number of hydrogen-bond acceptors (Lipinski definition) is 1. The summed E-state index contributed by atoms with van der Waals surface area (Å²) in [7, 11) is 0. The van der Waals surface area contributed by atoms with E-state index < -0.39 is 5.97 Å². The van der Waals surface area contributed by atoms with Crippen LogP contribution in [0.1, 0.15) is 26.7 Å². The van der Waals surface area contributed by atoms with E-state index in [1.807, 2.05) is 13.0 Å². The summed E-state index contributed by atoms with van der Waals surface area (Å²) in [6.45, 7) is 4.07. The number of carbonyl (C=O) groups is 1. The van der Waals surface area contributed by atoms with E-state index in [1.165, 1.54) is 5.57 Å². The molecule has 1 aliphatic carbocycles. The third-order valence-electron chi connectivity index (χ3n) is 2.37. The molecule has 0 amide bonds. The molecule has 0 bridgehead atoms. The third-order valence-corrected chi connectivity index (χ3v) is 2.37. The number of carboxylic acids is 1. The average molecular weight is 154 g/mol. The summed E-state index contributed by atoms with van der Waals surface area (Å²) in [5, 5.41) is 8.77. The summed E-state index contributed by atoms with van der Waals surface area (Å²) in [4.78, 5) is 10.6. The van der Waals surface area contributed by atoms with Crippen LogP contribution in [0.5, 0.6) is 0 Å². The zero-order valence-electron chi connectivity index (χ0n) is 7.00. The molecule has 2 heteroatoms. The Bertz CT molecular complexity index is 194. The van der Waals surface area contributed by atoms with E-state index in [4.69, 9.17) is 5.11 Å². The van der Waals surface area contributed by atoms with E-state index in [0.29, 0.717) is 12.3 Å². The maximum absolute atomic E-state index is 10.6. The Labute approximate surface area is 66.9 Å². The van der Waals surface area contributed by atoms with Crippen molar-refractivity contribution in [3.05, 3.63) is 11.6 Å². The molecule has 1 rings (SSSR count). The van der Waals surface area contributed by atoms with Crippen LogP contribution in [0.4, 0.5) is 0 Å². The second-order valence-electron chi connectivity index (χ2n) is 3.41. The van der Waals surface area contributed by atoms with Gasteiger partial charge in [-0.3, -0.25) is 4.79 Å². The molecular formula is C9H14O2. The van der Waals surface area contributed by atoms with Crippen molar-refractivity contribution in [2.75, 3.05) is 0 Å². The van der Waals surface area contributed by atoms with Crippen LogP contribution in [-0.4, -0.2) is 11.1 Å². The molecule has 0 saturated carbocycles. The van der Waals surface area contributed by atoms with Gasteiger partial charge in [0.05, 0.1) is 5.92 Å². The minimum atomic E-state index is -0.652. The van der Waals surface area contributed by atoms with Crippen molar-refractivity contribution in [3.8, 4) is 0 Å². The summed E-state index contributed by atoms with van der Waals surface area (Å²) >= 11 is 0. The Balaban J connectivity index is 2.65. The predicted molar refractivity (Wildman–Crippen MR) is 43.3 cm³/mol. The maximum atomic E-state index is 10.6. The lowest BCUT2D eigenvalue weighted by Gasteiger charge is -2.23. The van der Waals surface area contributed by atoms with Crippen molar-refractivity contribution < 1.29 is 9.90 Å². The highest BCUT2D eigenvalue weighted by molar-refractivity contribution is 5.70. The van der Waals surface area contributed by atoms with Crippen LogP contribution in [0.15, 0.2) is 11.6 Å². The largest absolute Gasteiger partial charge is 0.481 e. The number of carboxylic acid groups (broad SMARTS) is 1. The van der Waals surface area contributed by atoms with Crippen LogP contribution in [-0.2, 0) is 4.79 Å². The molecule has 0 aliphatic heterocycles. The van der Waals surface area contributed by atoms with Crippen LogP contribution < -0.4 is 0 Å². The van der Waals surface area contributed by atoms with Crippen molar-refractivity contribution in [2.24, 2.45) is 11.8 Å². The van der Waals surface area contributed by atoms with Crippen molar-refractivity contribution in [2.45, 2.75) is 26.7 Å². The fraction of sp³-hybridized carbons (Fsp3) is 0.667. The Kier molecular flexibility index (Phi) is 2.32.